The van der Waals surface area contributed by atoms with Gasteiger partial charge in [-0.2, -0.15) is 0 Å². The lowest BCUT2D eigenvalue weighted by Crippen LogP contribution is -2.31. The van der Waals surface area contributed by atoms with Crippen LogP contribution < -0.4 is 11.1 Å². The number of thiophene rings is 1. The molecule has 1 aliphatic heterocycles. The number of para-hydroxylation sites is 1. The third-order valence-corrected chi connectivity index (χ3v) is 5.90. The standard InChI is InChI=1S/C16H16N4OS2/c17-10-6-7-20(9-10)15(21)13-8-12-14(22-13)19-16(23-12)18-11-4-2-1-3-5-11/h1-5,8,10H,6-7,9,17H2,(H,18,19)/t10-/m1/s1. The molecule has 1 aliphatic rings. The molecule has 1 amide bonds. The van der Waals surface area contributed by atoms with E-state index in [1.165, 1.54) is 11.3 Å². The largest absolute Gasteiger partial charge is 0.336 e. The number of carbonyl (C=O) groups excluding carboxylic acids is 1. The number of hydrogen-bond acceptors (Lipinski definition) is 6. The molecule has 23 heavy (non-hydrogen) atoms. The fourth-order valence-electron chi connectivity index (χ4n) is 2.67. The first kappa shape index (κ1) is 14.6. The molecule has 1 saturated heterocycles. The van der Waals surface area contributed by atoms with Gasteiger partial charge in [0.25, 0.3) is 5.91 Å². The van der Waals surface area contributed by atoms with Crippen molar-refractivity contribution in [2.45, 2.75) is 12.5 Å². The molecular weight excluding hydrogens is 328 g/mol. The number of thiazole rings is 1. The molecule has 5 nitrogen and oxygen atoms in total. The molecule has 1 fully saturated rings. The Morgan fingerprint density at radius 1 is 1.30 bits per heavy atom. The van der Waals surface area contributed by atoms with E-state index in [1.54, 1.807) is 11.3 Å². The van der Waals surface area contributed by atoms with Crippen molar-refractivity contribution in [1.29, 1.82) is 0 Å². The molecule has 0 saturated carbocycles. The van der Waals surface area contributed by atoms with Gasteiger partial charge in [0.2, 0.25) is 0 Å². The number of likely N-dealkylation sites (tertiary alicyclic amines) is 1. The van der Waals surface area contributed by atoms with Gasteiger partial charge in [-0.05, 0) is 24.6 Å². The normalized spacial score (nSPS) is 17.8. The van der Waals surface area contributed by atoms with Crippen molar-refractivity contribution < 1.29 is 4.79 Å². The Labute approximate surface area is 141 Å². The zero-order valence-electron chi connectivity index (χ0n) is 12.4. The van der Waals surface area contributed by atoms with Gasteiger partial charge in [0.05, 0.1) is 9.58 Å². The fraction of sp³-hybridized carbons (Fsp3) is 0.250. The van der Waals surface area contributed by atoms with Crippen LogP contribution in [0.15, 0.2) is 36.4 Å². The Balaban J connectivity index is 1.53. The molecule has 1 atom stereocenters. The van der Waals surface area contributed by atoms with Crippen molar-refractivity contribution in [3.63, 3.8) is 0 Å². The molecule has 4 rings (SSSR count). The summed E-state index contributed by atoms with van der Waals surface area (Å²) in [5.74, 6) is 0.0747. The van der Waals surface area contributed by atoms with Gasteiger partial charge in [0.15, 0.2) is 5.13 Å². The van der Waals surface area contributed by atoms with E-state index in [9.17, 15) is 4.79 Å². The third kappa shape index (κ3) is 2.95. The number of aromatic nitrogens is 1. The number of nitrogens with one attached hydrogen (secondary N) is 1. The maximum atomic E-state index is 12.5. The van der Waals surface area contributed by atoms with E-state index >= 15 is 0 Å². The highest BCUT2D eigenvalue weighted by Gasteiger charge is 2.26. The first-order valence-corrected chi connectivity index (χ1v) is 9.09. The van der Waals surface area contributed by atoms with E-state index in [4.69, 9.17) is 5.73 Å². The third-order valence-electron chi connectivity index (χ3n) is 3.84. The Bertz CT molecular complexity index is 811. The Hall–Kier alpha value is -1.96. The van der Waals surface area contributed by atoms with E-state index in [0.717, 1.165) is 38.2 Å². The summed E-state index contributed by atoms with van der Waals surface area (Å²) in [5.41, 5.74) is 6.89. The summed E-state index contributed by atoms with van der Waals surface area (Å²) in [6.07, 6.45) is 0.884. The molecule has 3 aromatic rings. The van der Waals surface area contributed by atoms with Crippen LogP contribution in [0.1, 0.15) is 16.1 Å². The second kappa shape index (κ2) is 5.92. The topological polar surface area (TPSA) is 71.2 Å². The molecular formula is C16H16N4OS2. The van der Waals surface area contributed by atoms with Crippen molar-refractivity contribution in [2.75, 3.05) is 18.4 Å². The van der Waals surface area contributed by atoms with E-state index in [0.29, 0.717) is 6.54 Å². The summed E-state index contributed by atoms with van der Waals surface area (Å²) < 4.78 is 1.04. The summed E-state index contributed by atoms with van der Waals surface area (Å²) in [7, 11) is 0. The summed E-state index contributed by atoms with van der Waals surface area (Å²) in [4.78, 5) is 20.5. The van der Waals surface area contributed by atoms with Crippen molar-refractivity contribution >= 4 is 48.9 Å². The zero-order valence-corrected chi connectivity index (χ0v) is 14.0. The van der Waals surface area contributed by atoms with Crippen LogP contribution in [-0.4, -0.2) is 34.9 Å². The number of benzene rings is 1. The average Bonchev–Trinajstić information content (AvgIpc) is 3.22. The number of nitrogens with two attached hydrogens (primary N) is 1. The van der Waals surface area contributed by atoms with E-state index < -0.39 is 0 Å². The molecule has 118 valence electrons. The summed E-state index contributed by atoms with van der Waals surface area (Å²) in [6.45, 7) is 1.40. The van der Waals surface area contributed by atoms with Gasteiger partial charge in [-0.15, -0.1) is 11.3 Å². The smallest absolute Gasteiger partial charge is 0.264 e. The van der Waals surface area contributed by atoms with E-state index in [1.807, 2.05) is 41.3 Å². The van der Waals surface area contributed by atoms with Crippen LogP contribution in [0.5, 0.6) is 0 Å². The van der Waals surface area contributed by atoms with Crippen molar-refractivity contribution in [3.8, 4) is 0 Å². The molecule has 0 spiro atoms. The highest BCUT2D eigenvalue weighted by molar-refractivity contribution is 7.29. The quantitative estimate of drug-likeness (QED) is 0.765. The number of carbonyl (C=O) groups is 1. The molecule has 7 heteroatoms. The van der Waals surface area contributed by atoms with Crippen LogP contribution >= 0.6 is 22.7 Å². The lowest BCUT2D eigenvalue weighted by molar-refractivity contribution is 0.0795. The average molecular weight is 344 g/mol. The maximum absolute atomic E-state index is 12.5. The Morgan fingerprint density at radius 2 is 2.13 bits per heavy atom. The molecule has 0 radical (unpaired) electrons. The van der Waals surface area contributed by atoms with Crippen molar-refractivity contribution in [1.82, 2.24) is 9.88 Å². The second-order valence-corrected chi connectivity index (χ2v) is 7.65. The van der Waals surface area contributed by atoms with E-state index in [-0.39, 0.29) is 11.9 Å². The van der Waals surface area contributed by atoms with E-state index in [2.05, 4.69) is 10.3 Å². The molecule has 3 heterocycles. The number of nitrogens with zero attached hydrogens (tertiary/aromatic N) is 2. The van der Waals surface area contributed by atoms with Gasteiger partial charge in [-0.1, -0.05) is 29.5 Å². The number of rotatable bonds is 3. The fourth-order valence-corrected chi connectivity index (χ4v) is 4.77. The SMILES string of the molecule is N[C@@H]1CCN(C(=O)c2cc3sc(Nc4ccccc4)nc3s2)C1. The first-order valence-electron chi connectivity index (χ1n) is 7.46. The molecule has 3 N–H and O–H groups in total. The van der Waals surface area contributed by atoms with Crippen LogP contribution in [0.25, 0.3) is 9.53 Å². The van der Waals surface area contributed by atoms with Crippen LogP contribution in [-0.2, 0) is 0 Å². The zero-order chi connectivity index (χ0) is 15.8. The second-order valence-electron chi connectivity index (χ2n) is 5.59. The van der Waals surface area contributed by atoms with Gasteiger partial charge in [0.1, 0.15) is 4.83 Å². The predicted molar refractivity (Wildman–Crippen MR) is 95.7 cm³/mol. The van der Waals surface area contributed by atoms with Crippen molar-refractivity contribution in [2.24, 2.45) is 5.73 Å². The highest BCUT2D eigenvalue weighted by atomic mass is 32.1. The Morgan fingerprint density at radius 3 is 2.83 bits per heavy atom. The number of amides is 1. The lowest BCUT2D eigenvalue weighted by atomic mass is 10.3. The minimum Gasteiger partial charge on any atom is -0.336 e. The maximum Gasteiger partial charge on any atom is 0.264 e. The molecule has 0 bridgehead atoms. The van der Waals surface area contributed by atoms with Gasteiger partial charge >= 0.3 is 0 Å². The minimum atomic E-state index is 0.0747. The van der Waals surface area contributed by atoms with Crippen LogP contribution in [0.2, 0.25) is 0 Å². The first-order chi connectivity index (χ1) is 11.2. The predicted octanol–water partition coefficient (Wildman–Crippen LogP) is 3.27. The number of fused-ring (bicyclic) bond motifs is 1. The summed E-state index contributed by atoms with van der Waals surface area (Å²) in [5, 5.41) is 4.14. The molecule has 1 aromatic carbocycles. The monoisotopic (exact) mass is 344 g/mol. The summed E-state index contributed by atoms with van der Waals surface area (Å²) in [6, 6.07) is 12.0. The molecule has 2 aromatic heterocycles. The van der Waals surface area contributed by atoms with Crippen LogP contribution in [0.4, 0.5) is 10.8 Å². The number of hydrogen-bond donors (Lipinski definition) is 2. The molecule has 0 aliphatic carbocycles. The lowest BCUT2D eigenvalue weighted by Gasteiger charge is -2.13. The minimum absolute atomic E-state index is 0.0747. The highest BCUT2D eigenvalue weighted by Crippen LogP contribution is 2.34. The van der Waals surface area contributed by atoms with Crippen LogP contribution in [0, 0.1) is 0 Å². The van der Waals surface area contributed by atoms with Gasteiger partial charge < -0.3 is 16.0 Å². The van der Waals surface area contributed by atoms with Gasteiger partial charge in [-0.25, -0.2) is 4.98 Å². The van der Waals surface area contributed by atoms with Gasteiger partial charge in [-0.3, -0.25) is 4.79 Å². The van der Waals surface area contributed by atoms with Crippen molar-refractivity contribution in [3.05, 3.63) is 41.3 Å². The summed E-state index contributed by atoms with van der Waals surface area (Å²) >= 11 is 3.02. The Kier molecular flexibility index (Phi) is 3.76. The van der Waals surface area contributed by atoms with Gasteiger partial charge in [0, 0.05) is 24.8 Å². The molecule has 0 unspecified atom stereocenters. The van der Waals surface area contributed by atoms with Crippen LogP contribution in [0.3, 0.4) is 0 Å². The number of anilines is 2.